The van der Waals surface area contributed by atoms with Gasteiger partial charge in [-0.1, -0.05) is 18.5 Å². The number of nitrogens with one attached hydrogen (secondary N) is 2. The largest absolute Gasteiger partial charge is 0.507 e. The average Bonchev–Trinajstić information content (AvgIpc) is 3.21. The Morgan fingerprint density at radius 2 is 2.19 bits per heavy atom. The third-order valence-corrected chi connectivity index (χ3v) is 5.50. The summed E-state index contributed by atoms with van der Waals surface area (Å²) in [4.78, 5) is 17.5. The van der Waals surface area contributed by atoms with Crippen LogP contribution in [-0.2, 0) is 13.0 Å². The number of amides is 1. The van der Waals surface area contributed by atoms with Crippen molar-refractivity contribution in [3.05, 3.63) is 44.9 Å². The van der Waals surface area contributed by atoms with E-state index in [1.807, 2.05) is 6.92 Å². The van der Waals surface area contributed by atoms with E-state index in [2.05, 4.69) is 20.5 Å². The molecule has 2 heterocycles. The van der Waals surface area contributed by atoms with Crippen LogP contribution in [0.15, 0.2) is 12.1 Å². The summed E-state index contributed by atoms with van der Waals surface area (Å²) in [5.41, 5.74) is 1.06. The number of aliphatic hydroxyl groups is 1. The van der Waals surface area contributed by atoms with E-state index in [-0.39, 0.29) is 28.6 Å². The van der Waals surface area contributed by atoms with Gasteiger partial charge in [0.1, 0.15) is 22.3 Å². The number of aromatic hydroxyl groups is 1. The second kappa shape index (κ2) is 7.63. The number of H-pyrrole nitrogens is 1. The van der Waals surface area contributed by atoms with Gasteiger partial charge in [-0.05, 0) is 25.5 Å². The number of thiazole rings is 1. The number of phenols is 1. The third-order valence-electron chi connectivity index (χ3n) is 3.95. The molecule has 0 aliphatic heterocycles. The van der Waals surface area contributed by atoms with Gasteiger partial charge in [-0.25, -0.2) is 9.37 Å². The molecule has 0 spiro atoms. The first-order valence-electron chi connectivity index (χ1n) is 7.99. The van der Waals surface area contributed by atoms with Crippen LogP contribution in [0, 0.1) is 12.7 Å². The molecule has 0 unspecified atom stereocenters. The molecule has 2 aromatic heterocycles. The Kier molecular flexibility index (Phi) is 5.45. The number of hydrogen-bond donors (Lipinski definition) is 4. The van der Waals surface area contributed by atoms with Gasteiger partial charge in [0, 0.05) is 10.4 Å². The summed E-state index contributed by atoms with van der Waals surface area (Å²) in [7, 11) is 0. The molecule has 0 saturated heterocycles. The number of hydrogen-bond acceptors (Lipinski definition) is 6. The predicted molar refractivity (Wildman–Crippen MR) is 101 cm³/mol. The summed E-state index contributed by atoms with van der Waals surface area (Å²) in [6.45, 7) is 3.31. The minimum absolute atomic E-state index is 0.0565. The number of rotatable bonds is 5. The molecule has 0 atom stereocenters. The van der Waals surface area contributed by atoms with Crippen LogP contribution in [0.5, 0.6) is 5.75 Å². The molecular weight excluding hydrogens is 395 g/mol. The second-order valence-electron chi connectivity index (χ2n) is 5.72. The van der Waals surface area contributed by atoms with Crippen molar-refractivity contribution in [2.45, 2.75) is 26.9 Å². The lowest BCUT2D eigenvalue weighted by atomic mass is 10.1. The highest BCUT2D eigenvalue weighted by atomic mass is 35.5. The molecular formula is C17H16ClFN4O3S. The van der Waals surface area contributed by atoms with E-state index in [1.165, 1.54) is 11.3 Å². The van der Waals surface area contributed by atoms with Gasteiger partial charge in [-0.2, -0.15) is 5.10 Å². The number of nitrogens with zero attached hydrogens (tertiary/aromatic N) is 2. The fourth-order valence-electron chi connectivity index (χ4n) is 2.53. The third kappa shape index (κ3) is 3.66. The highest BCUT2D eigenvalue weighted by molar-refractivity contribution is 7.15. The number of aromatic nitrogens is 3. The molecule has 142 valence electrons. The summed E-state index contributed by atoms with van der Waals surface area (Å²) < 4.78 is 14.6. The molecule has 0 aliphatic carbocycles. The van der Waals surface area contributed by atoms with Crippen LogP contribution < -0.4 is 5.32 Å². The maximum atomic E-state index is 14.6. The maximum absolute atomic E-state index is 14.6. The van der Waals surface area contributed by atoms with E-state index in [4.69, 9.17) is 11.6 Å². The first-order valence-corrected chi connectivity index (χ1v) is 9.19. The lowest BCUT2D eigenvalue weighted by Gasteiger charge is -2.09. The molecule has 0 bridgehead atoms. The zero-order chi connectivity index (χ0) is 19.7. The fraction of sp³-hybridized carbons (Fsp3) is 0.235. The summed E-state index contributed by atoms with van der Waals surface area (Å²) in [6.07, 6.45) is 0.645. The molecule has 3 rings (SSSR count). The molecule has 0 saturated carbocycles. The van der Waals surface area contributed by atoms with Crippen LogP contribution in [0.2, 0.25) is 5.15 Å². The molecule has 1 aromatic carbocycles. The van der Waals surface area contributed by atoms with Crippen LogP contribution in [0.4, 0.5) is 10.1 Å². The average molecular weight is 411 g/mol. The van der Waals surface area contributed by atoms with Crippen molar-refractivity contribution in [3.8, 4) is 16.3 Å². The summed E-state index contributed by atoms with van der Waals surface area (Å²) in [5, 5.41) is 28.8. The molecule has 0 aliphatic rings. The maximum Gasteiger partial charge on any atom is 0.259 e. The van der Waals surface area contributed by atoms with Crippen molar-refractivity contribution in [3.63, 3.8) is 0 Å². The molecule has 3 aromatic rings. The van der Waals surface area contributed by atoms with Gasteiger partial charge < -0.3 is 15.5 Å². The normalized spacial score (nSPS) is 11.0. The number of anilines is 1. The molecule has 1 amide bonds. The van der Waals surface area contributed by atoms with Crippen LogP contribution in [0.25, 0.3) is 10.6 Å². The van der Waals surface area contributed by atoms with E-state index in [9.17, 15) is 19.4 Å². The van der Waals surface area contributed by atoms with Gasteiger partial charge in [0.05, 0.1) is 23.6 Å². The number of phenolic OH excluding ortho intramolecular Hbond substituents is 1. The van der Waals surface area contributed by atoms with Crippen LogP contribution >= 0.6 is 22.9 Å². The topological polar surface area (TPSA) is 111 Å². The lowest BCUT2D eigenvalue weighted by molar-refractivity contribution is 0.102. The highest BCUT2D eigenvalue weighted by Crippen LogP contribution is 2.34. The molecule has 4 N–H and O–H groups in total. The SMILES string of the molecule is CCc1sc(-c2cc(O)c(C(=O)Nc3c(Cl)n[nH]c3C)cc2F)nc1CO. The molecule has 27 heavy (non-hydrogen) atoms. The number of carbonyl (C=O) groups is 1. The molecule has 0 radical (unpaired) electrons. The molecule has 7 nitrogen and oxygen atoms in total. The van der Waals surface area contributed by atoms with Gasteiger partial charge in [-0.15, -0.1) is 11.3 Å². The first-order chi connectivity index (χ1) is 12.8. The van der Waals surface area contributed by atoms with Crippen LogP contribution in [0.1, 0.15) is 33.5 Å². The highest BCUT2D eigenvalue weighted by Gasteiger charge is 2.21. The summed E-state index contributed by atoms with van der Waals surface area (Å²) in [5.74, 6) is -1.84. The smallest absolute Gasteiger partial charge is 0.259 e. The number of carbonyl (C=O) groups excluding carboxylic acids is 1. The number of aliphatic hydroxyl groups excluding tert-OH is 1. The molecule has 0 fully saturated rings. The van der Waals surface area contributed by atoms with Crippen molar-refractivity contribution < 1.29 is 19.4 Å². The van der Waals surface area contributed by atoms with E-state index >= 15 is 0 Å². The summed E-state index contributed by atoms with van der Waals surface area (Å²) in [6, 6.07) is 2.09. The fourth-order valence-corrected chi connectivity index (χ4v) is 3.79. The van der Waals surface area contributed by atoms with Crippen molar-refractivity contribution in [2.24, 2.45) is 0 Å². The van der Waals surface area contributed by atoms with Crippen LogP contribution in [-0.4, -0.2) is 31.3 Å². The Hall–Kier alpha value is -2.49. The van der Waals surface area contributed by atoms with E-state index in [0.29, 0.717) is 22.8 Å². The molecule has 10 heteroatoms. The van der Waals surface area contributed by atoms with Crippen LogP contribution in [0.3, 0.4) is 0 Å². The van der Waals surface area contributed by atoms with Gasteiger partial charge in [-0.3, -0.25) is 9.89 Å². The zero-order valence-corrected chi connectivity index (χ0v) is 16.0. The van der Waals surface area contributed by atoms with E-state index in [1.54, 1.807) is 6.92 Å². The minimum atomic E-state index is -0.728. The van der Waals surface area contributed by atoms with Crippen molar-refractivity contribution in [1.82, 2.24) is 15.2 Å². The standard InChI is InChI=1S/C17H16ClFN4O3S/c1-3-13-11(6-24)20-17(27-13)8-5-12(25)9(4-10(8)19)16(26)21-14-7(2)22-23-15(14)18/h4-5,24-25H,3,6H2,1-2H3,(H,21,26)(H,22,23). The Morgan fingerprint density at radius 3 is 2.74 bits per heavy atom. The zero-order valence-electron chi connectivity index (χ0n) is 14.4. The predicted octanol–water partition coefficient (Wildman–Crippen LogP) is 3.65. The second-order valence-corrected chi connectivity index (χ2v) is 7.16. The first kappa shape index (κ1) is 19.3. The Morgan fingerprint density at radius 1 is 1.44 bits per heavy atom. The number of aromatic amines is 1. The van der Waals surface area contributed by atoms with Crippen molar-refractivity contribution in [2.75, 3.05) is 5.32 Å². The van der Waals surface area contributed by atoms with Crippen molar-refractivity contribution >= 4 is 34.5 Å². The van der Waals surface area contributed by atoms with Gasteiger partial charge in [0.25, 0.3) is 5.91 Å². The van der Waals surface area contributed by atoms with Crippen molar-refractivity contribution in [1.29, 1.82) is 0 Å². The van der Waals surface area contributed by atoms with Gasteiger partial charge in [0.15, 0.2) is 5.15 Å². The quantitative estimate of drug-likeness (QED) is 0.513. The number of aryl methyl sites for hydroxylation is 2. The Balaban J connectivity index is 1.95. The van der Waals surface area contributed by atoms with Gasteiger partial charge in [0.2, 0.25) is 0 Å². The van der Waals surface area contributed by atoms with Gasteiger partial charge >= 0.3 is 0 Å². The number of halogens is 2. The monoisotopic (exact) mass is 410 g/mol. The minimum Gasteiger partial charge on any atom is -0.507 e. The van der Waals surface area contributed by atoms with E-state index < -0.39 is 17.5 Å². The Bertz CT molecular complexity index is 977. The number of benzene rings is 1. The summed E-state index contributed by atoms with van der Waals surface area (Å²) >= 11 is 7.11. The Labute approximate surface area is 162 Å². The van der Waals surface area contributed by atoms with E-state index in [0.717, 1.165) is 17.0 Å². The lowest BCUT2D eigenvalue weighted by Crippen LogP contribution is -2.13.